The van der Waals surface area contributed by atoms with Crippen molar-refractivity contribution in [2.75, 3.05) is 33.4 Å². The van der Waals surface area contributed by atoms with Crippen molar-refractivity contribution in [1.29, 1.82) is 0 Å². The smallest absolute Gasteiger partial charge is 0.239 e. The molecular formula is C16H25ClN2O3. The number of amides is 1. The number of para-hydroxylation sites is 1. The highest BCUT2D eigenvalue weighted by atomic mass is 35.5. The summed E-state index contributed by atoms with van der Waals surface area (Å²) in [6, 6.07) is 9.15. The highest BCUT2D eigenvalue weighted by Gasteiger charge is 2.28. The van der Waals surface area contributed by atoms with Gasteiger partial charge in [-0.25, -0.2) is 0 Å². The van der Waals surface area contributed by atoms with Crippen molar-refractivity contribution in [2.24, 2.45) is 11.7 Å². The summed E-state index contributed by atoms with van der Waals surface area (Å²) in [6.45, 7) is 2.40. The highest BCUT2D eigenvalue weighted by Crippen LogP contribution is 2.18. The van der Waals surface area contributed by atoms with Gasteiger partial charge in [0, 0.05) is 20.3 Å². The van der Waals surface area contributed by atoms with E-state index in [1.807, 2.05) is 30.3 Å². The van der Waals surface area contributed by atoms with Crippen LogP contribution in [-0.4, -0.2) is 50.3 Å². The van der Waals surface area contributed by atoms with Crippen LogP contribution in [-0.2, 0) is 9.53 Å². The van der Waals surface area contributed by atoms with E-state index in [-0.39, 0.29) is 24.2 Å². The fraction of sp³-hybridized carbons (Fsp3) is 0.562. The number of ether oxygens (including phenoxy) is 2. The maximum absolute atomic E-state index is 12.3. The maximum Gasteiger partial charge on any atom is 0.239 e. The average molecular weight is 329 g/mol. The van der Waals surface area contributed by atoms with Crippen LogP contribution in [0.2, 0.25) is 0 Å². The first-order valence-corrected chi connectivity index (χ1v) is 7.44. The third-order valence-electron chi connectivity index (χ3n) is 3.87. The molecule has 0 bridgehead atoms. The highest BCUT2D eigenvalue weighted by molar-refractivity contribution is 5.85. The van der Waals surface area contributed by atoms with Gasteiger partial charge in [-0.3, -0.25) is 4.79 Å². The number of hydrogen-bond donors (Lipinski definition) is 1. The summed E-state index contributed by atoms with van der Waals surface area (Å²) in [5.41, 5.74) is 6.09. The number of nitrogens with two attached hydrogens (primary N) is 1. The Hall–Kier alpha value is -1.30. The van der Waals surface area contributed by atoms with Crippen molar-refractivity contribution >= 4 is 18.3 Å². The predicted octanol–water partition coefficient (Wildman–Crippen LogP) is 1.70. The van der Waals surface area contributed by atoms with Crippen molar-refractivity contribution in [2.45, 2.75) is 18.9 Å². The molecule has 0 spiro atoms. The number of carbonyl (C=O) groups excluding carboxylic acids is 1. The van der Waals surface area contributed by atoms with Gasteiger partial charge in [-0.05, 0) is 30.9 Å². The lowest BCUT2D eigenvalue weighted by Gasteiger charge is -2.29. The van der Waals surface area contributed by atoms with Crippen molar-refractivity contribution in [3.63, 3.8) is 0 Å². The summed E-state index contributed by atoms with van der Waals surface area (Å²) in [5, 5.41) is 0. The van der Waals surface area contributed by atoms with Crippen LogP contribution in [0.5, 0.6) is 5.75 Å². The molecule has 6 heteroatoms. The van der Waals surface area contributed by atoms with Crippen LogP contribution in [0.4, 0.5) is 0 Å². The Kier molecular flexibility index (Phi) is 8.24. The predicted molar refractivity (Wildman–Crippen MR) is 88.3 cm³/mol. The van der Waals surface area contributed by atoms with Gasteiger partial charge >= 0.3 is 0 Å². The Bertz CT molecular complexity index is 438. The van der Waals surface area contributed by atoms with Gasteiger partial charge in [-0.1, -0.05) is 18.2 Å². The Morgan fingerprint density at radius 2 is 2.00 bits per heavy atom. The Morgan fingerprint density at radius 3 is 2.64 bits per heavy atom. The Balaban J connectivity index is 0.00000242. The maximum atomic E-state index is 12.3. The van der Waals surface area contributed by atoms with Crippen LogP contribution in [0.15, 0.2) is 30.3 Å². The molecule has 5 nitrogen and oxygen atoms in total. The molecule has 0 aliphatic carbocycles. The van der Waals surface area contributed by atoms with E-state index < -0.39 is 6.04 Å². The van der Waals surface area contributed by atoms with Gasteiger partial charge in [-0.15, -0.1) is 12.4 Å². The standard InChI is InChI=1S/C16H24N2O3.ClH/c1-18(9-12-21-14-5-3-2-4-6-14)16(19)15(17)13-7-10-20-11-8-13;/h2-6,13,15H,7-12,17H2,1H3;1H. The number of likely N-dealkylation sites (N-methyl/N-ethyl adjacent to an activating group) is 1. The van der Waals surface area contributed by atoms with Crippen LogP contribution in [0, 0.1) is 5.92 Å². The first kappa shape index (κ1) is 18.7. The zero-order valence-corrected chi connectivity index (χ0v) is 13.8. The average Bonchev–Trinajstić information content (AvgIpc) is 2.55. The number of halogens is 1. The zero-order chi connectivity index (χ0) is 15.1. The molecule has 0 aromatic heterocycles. The molecule has 22 heavy (non-hydrogen) atoms. The van der Waals surface area contributed by atoms with E-state index in [0.717, 1.165) is 18.6 Å². The summed E-state index contributed by atoms with van der Waals surface area (Å²) < 4.78 is 10.9. The molecule has 1 saturated heterocycles. The molecule has 1 heterocycles. The largest absolute Gasteiger partial charge is 0.492 e. The summed E-state index contributed by atoms with van der Waals surface area (Å²) in [5.74, 6) is 1.02. The second-order valence-corrected chi connectivity index (χ2v) is 5.40. The summed E-state index contributed by atoms with van der Waals surface area (Å²) in [4.78, 5) is 13.9. The lowest BCUT2D eigenvalue weighted by atomic mass is 9.91. The van der Waals surface area contributed by atoms with Gasteiger partial charge in [0.2, 0.25) is 5.91 Å². The summed E-state index contributed by atoms with van der Waals surface area (Å²) >= 11 is 0. The minimum Gasteiger partial charge on any atom is -0.492 e. The molecule has 1 unspecified atom stereocenters. The number of rotatable bonds is 6. The van der Waals surface area contributed by atoms with Gasteiger partial charge in [0.05, 0.1) is 12.6 Å². The number of nitrogens with zero attached hydrogens (tertiary/aromatic N) is 1. The summed E-state index contributed by atoms with van der Waals surface area (Å²) in [6.07, 6.45) is 1.72. The molecule has 1 aromatic carbocycles. The van der Waals surface area contributed by atoms with Gasteiger partial charge in [0.1, 0.15) is 12.4 Å². The van der Waals surface area contributed by atoms with Gasteiger partial charge in [0.15, 0.2) is 0 Å². The van der Waals surface area contributed by atoms with Crippen molar-refractivity contribution in [3.05, 3.63) is 30.3 Å². The van der Waals surface area contributed by atoms with Gasteiger partial charge in [0.25, 0.3) is 0 Å². The third kappa shape index (κ3) is 5.48. The minimum absolute atomic E-state index is 0. The molecule has 2 rings (SSSR count). The summed E-state index contributed by atoms with van der Waals surface area (Å²) in [7, 11) is 1.77. The molecule has 1 atom stereocenters. The molecular weight excluding hydrogens is 304 g/mol. The van der Waals surface area contributed by atoms with Crippen LogP contribution < -0.4 is 10.5 Å². The molecule has 1 aromatic rings. The number of carbonyl (C=O) groups is 1. The van der Waals surface area contributed by atoms with E-state index in [4.69, 9.17) is 15.2 Å². The molecule has 1 aliphatic heterocycles. The number of hydrogen-bond acceptors (Lipinski definition) is 4. The first-order valence-electron chi connectivity index (χ1n) is 7.44. The lowest BCUT2D eigenvalue weighted by molar-refractivity contribution is -0.133. The Morgan fingerprint density at radius 1 is 1.36 bits per heavy atom. The van der Waals surface area contributed by atoms with Gasteiger partial charge < -0.3 is 20.1 Å². The third-order valence-corrected chi connectivity index (χ3v) is 3.87. The van der Waals surface area contributed by atoms with E-state index in [9.17, 15) is 4.79 Å². The normalized spacial score (nSPS) is 16.5. The van der Waals surface area contributed by atoms with Crippen LogP contribution >= 0.6 is 12.4 Å². The van der Waals surface area contributed by atoms with Crippen molar-refractivity contribution in [3.8, 4) is 5.75 Å². The topological polar surface area (TPSA) is 64.8 Å². The van der Waals surface area contributed by atoms with E-state index in [1.54, 1.807) is 11.9 Å². The zero-order valence-electron chi connectivity index (χ0n) is 12.9. The van der Waals surface area contributed by atoms with E-state index in [2.05, 4.69) is 0 Å². The SMILES string of the molecule is CN(CCOc1ccccc1)C(=O)C(N)C1CCOCC1.Cl. The Labute approximate surface area is 138 Å². The van der Waals surface area contributed by atoms with Crippen molar-refractivity contribution in [1.82, 2.24) is 4.90 Å². The molecule has 1 fully saturated rings. The molecule has 0 radical (unpaired) electrons. The van der Waals surface area contributed by atoms with Crippen LogP contribution in [0.3, 0.4) is 0 Å². The second kappa shape index (κ2) is 9.66. The second-order valence-electron chi connectivity index (χ2n) is 5.40. The van der Waals surface area contributed by atoms with Crippen LogP contribution in [0.25, 0.3) is 0 Å². The monoisotopic (exact) mass is 328 g/mol. The van der Waals surface area contributed by atoms with Crippen molar-refractivity contribution < 1.29 is 14.3 Å². The van der Waals surface area contributed by atoms with E-state index in [0.29, 0.717) is 26.4 Å². The van der Waals surface area contributed by atoms with Gasteiger partial charge in [-0.2, -0.15) is 0 Å². The number of benzene rings is 1. The molecule has 0 saturated carbocycles. The molecule has 1 amide bonds. The first-order chi connectivity index (χ1) is 10.2. The van der Waals surface area contributed by atoms with E-state index in [1.165, 1.54) is 0 Å². The minimum atomic E-state index is -0.435. The van der Waals surface area contributed by atoms with Crippen LogP contribution in [0.1, 0.15) is 12.8 Å². The molecule has 2 N–H and O–H groups in total. The molecule has 1 aliphatic rings. The fourth-order valence-electron chi connectivity index (χ4n) is 2.46. The molecule has 124 valence electrons. The lowest BCUT2D eigenvalue weighted by Crippen LogP contribution is -2.48. The van der Waals surface area contributed by atoms with E-state index >= 15 is 0 Å². The fourth-order valence-corrected chi connectivity index (χ4v) is 2.46. The quantitative estimate of drug-likeness (QED) is 0.863.